The molecule has 0 saturated carbocycles. The number of methoxy groups -OCH3 is 1. The molecule has 2 heterocycles. The summed E-state index contributed by atoms with van der Waals surface area (Å²) in [6, 6.07) is 18.6. The van der Waals surface area contributed by atoms with Crippen LogP contribution in [0, 0.1) is 5.92 Å². The SMILES string of the molecule is COc1ccc(N=c2oc3ccc(Cl)cc3cc2C(=S)NC(=O)OCc2ccc(NC(=O)[C@H](C)NC(=O)[C@H](NC(=O)CCCCCN3C(=O)C=CC3=O)C(C)C)cc2)cc1. The number of ether oxygens (including phenoxy) is 2. The van der Waals surface area contributed by atoms with E-state index in [0.717, 1.165) is 4.90 Å². The molecule has 17 heteroatoms. The van der Waals surface area contributed by atoms with Gasteiger partial charge < -0.3 is 29.8 Å². The summed E-state index contributed by atoms with van der Waals surface area (Å²) in [6.07, 6.45) is 3.49. The molecule has 314 valence electrons. The quantitative estimate of drug-likeness (QED) is 0.0556. The number of thiocarbonyl (C=S) groups is 1. The zero-order valence-electron chi connectivity index (χ0n) is 33.4. The number of halogens is 1. The van der Waals surface area contributed by atoms with E-state index >= 15 is 0 Å². The minimum Gasteiger partial charge on any atom is -0.497 e. The third kappa shape index (κ3) is 12.6. The zero-order valence-corrected chi connectivity index (χ0v) is 35.0. The van der Waals surface area contributed by atoms with Gasteiger partial charge in [0.25, 0.3) is 11.8 Å². The summed E-state index contributed by atoms with van der Waals surface area (Å²) in [5, 5.41) is 11.9. The van der Waals surface area contributed by atoms with Crippen molar-refractivity contribution in [2.45, 2.75) is 65.1 Å². The molecule has 0 unspecified atom stereocenters. The molecule has 0 radical (unpaired) electrons. The van der Waals surface area contributed by atoms with E-state index in [1.54, 1.807) is 93.8 Å². The molecule has 0 fully saturated rings. The first kappa shape index (κ1) is 44.7. The average molecular weight is 857 g/mol. The van der Waals surface area contributed by atoms with Crippen LogP contribution >= 0.6 is 23.8 Å². The second-order valence-corrected chi connectivity index (χ2v) is 15.0. The Morgan fingerprint density at radius 2 is 1.57 bits per heavy atom. The van der Waals surface area contributed by atoms with Gasteiger partial charge in [-0.05, 0) is 91.9 Å². The highest BCUT2D eigenvalue weighted by molar-refractivity contribution is 7.80. The molecule has 0 spiro atoms. The first-order valence-corrected chi connectivity index (χ1v) is 19.9. The van der Waals surface area contributed by atoms with E-state index in [0.29, 0.717) is 63.5 Å². The maximum atomic E-state index is 13.1. The fraction of sp³-hybridized carbons (Fsp3) is 0.302. The Labute approximate surface area is 356 Å². The maximum Gasteiger partial charge on any atom is 0.412 e. The second-order valence-electron chi connectivity index (χ2n) is 14.2. The molecule has 0 bridgehead atoms. The Kier molecular flexibility index (Phi) is 15.7. The highest BCUT2D eigenvalue weighted by Gasteiger charge is 2.27. The summed E-state index contributed by atoms with van der Waals surface area (Å²) in [6.45, 7) is 5.26. The van der Waals surface area contributed by atoms with Crippen molar-refractivity contribution in [3.8, 4) is 5.75 Å². The number of carbonyl (C=O) groups is 6. The first-order valence-electron chi connectivity index (χ1n) is 19.1. The Bertz CT molecular complexity index is 2350. The number of rotatable bonds is 17. The molecule has 15 nitrogen and oxygen atoms in total. The van der Waals surface area contributed by atoms with Gasteiger partial charge in [-0.3, -0.25) is 34.2 Å². The molecule has 4 N–H and O–H groups in total. The molecule has 0 aliphatic carbocycles. The molecule has 1 aliphatic heterocycles. The van der Waals surface area contributed by atoms with Gasteiger partial charge in [0.1, 0.15) is 35.0 Å². The van der Waals surface area contributed by atoms with Crippen molar-refractivity contribution in [2.24, 2.45) is 10.9 Å². The van der Waals surface area contributed by atoms with Crippen LogP contribution in [-0.4, -0.2) is 71.3 Å². The molecular formula is C43H45ClN6O9S. The number of carbonyl (C=O) groups excluding carboxylic acids is 6. The Balaban J connectivity index is 1.08. The topological polar surface area (TPSA) is 198 Å². The molecule has 5 rings (SSSR count). The highest BCUT2D eigenvalue weighted by atomic mass is 35.5. The Morgan fingerprint density at radius 3 is 2.23 bits per heavy atom. The van der Waals surface area contributed by atoms with E-state index < -0.39 is 30.0 Å². The lowest BCUT2D eigenvalue weighted by atomic mass is 10.0. The van der Waals surface area contributed by atoms with Crippen LogP contribution in [0.5, 0.6) is 5.75 Å². The predicted molar refractivity (Wildman–Crippen MR) is 228 cm³/mol. The molecule has 1 aliphatic rings. The monoisotopic (exact) mass is 856 g/mol. The van der Waals surface area contributed by atoms with E-state index in [-0.39, 0.29) is 53.8 Å². The molecule has 60 heavy (non-hydrogen) atoms. The van der Waals surface area contributed by atoms with Crippen molar-refractivity contribution in [2.75, 3.05) is 19.0 Å². The van der Waals surface area contributed by atoms with Gasteiger partial charge in [0.15, 0.2) is 0 Å². The molecule has 2 atom stereocenters. The largest absolute Gasteiger partial charge is 0.497 e. The third-order valence-electron chi connectivity index (χ3n) is 9.27. The lowest BCUT2D eigenvalue weighted by molar-refractivity contribution is -0.137. The van der Waals surface area contributed by atoms with Gasteiger partial charge in [0.2, 0.25) is 23.3 Å². The number of nitrogens with one attached hydrogen (secondary N) is 4. The molecule has 0 saturated heterocycles. The fourth-order valence-corrected chi connectivity index (χ4v) is 6.34. The summed E-state index contributed by atoms with van der Waals surface area (Å²) in [4.78, 5) is 80.7. The summed E-state index contributed by atoms with van der Waals surface area (Å²) in [7, 11) is 1.56. The van der Waals surface area contributed by atoms with Crippen LogP contribution < -0.4 is 31.6 Å². The van der Waals surface area contributed by atoms with E-state index in [4.69, 9.17) is 37.7 Å². The van der Waals surface area contributed by atoms with E-state index in [9.17, 15) is 28.8 Å². The number of benzene rings is 3. The average Bonchev–Trinajstić information content (AvgIpc) is 3.54. The van der Waals surface area contributed by atoms with E-state index in [1.165, 1.54) is 19.1 Å². The zero-order chi connectivity index (χ0) is 43.3. The van der Waals surface area contributed by atoms with Crippen molar-refractivity contribution in [3.63, 3.8) is 0 Å². The van der Waals surface area contributed by atoms with Crippen LogP contribution in [0.25, 0.3) is 11.0 Å². The summed E-state index contributed by atoms with van der Waals surface area (Å²) in [5.74, 6) is -1.60. The normalized spacial score (nSPS) is 13.6. The van der Waals surface area contributed by atoms with Crippen LogP contribution in [0.15, 0.2) is 94.4 Å². The lowest BCUT2D eigenvalue weighted by Gasteiger charge is -2.24. The van der Waals surface area contributed by atoms with Crippen molar-refractivity contribution in [1.29, 1.82) is 0 Å². The number of hydrogen-bond acceptors (Lipinski definition) is 11. The van der Waals surface area contributed by atoms with Crippen LogP contribution in [0.3, 0.4) is 0 Å². The standard InChI is InChI=1S/C43H45ClN6O9S/c1-25(2)38(48-35(51)8-6-5-7-21-50-36(52)19-20-37(50)53)40(55)45-26(3)39(54)46-30-12-9-27(10-13-30)24-58-43(56)49-42(60)33-23-28-22-29(44)11-18-34(28)59-41(33)47-31-14-16-32(57-4)17-15-31/h9-20,22-23,25-26,38H,5-8,21,24H2,1-4H3,(H,45,55)(H,46,54)(H,48,51)(H,49,56,60)/t26-,38+/m0/s1. The van der Waals surface area contributed by atoms with Gasteiger partial charge in [0.05, 0.1) is 18.4 Å². The first-order chi connectivity index (χ1) is 28.7. The van der Waals surface area contributed by atoms with Gasteiger partial charge in [-0.1, -0.05) is 56.2 Å². The molecular weight excluding hydrogens is 812 g/mol. The van der Waals surface area contributed by atoms with Gasteiger partial charge in [-0.2, -0.15) is 0 Å². The third-order valence-corrected chi connectivity index (χ3v) is 9.82. The number of fused-ring (bicyclic) bond motifs is 1. The van der Waals surface area contributed by atoms with Crippen molar-refractivity contribution < 1.29 is 42.7 Å². The number of amides is 6. The minimum absolute atomic E-state index is 0.0112. The molecule has 1 aromatic heterocycles. The Morgan fingerprint density at radius 1 is 0.867 bits per heavy atom. The summed E-state index contributed by atoms with van der Waals surface area (Å²) < 4.78 is 16.7. The van der Waals surface area contributed by atoms with Crippen LogP contribution in [0.2, 0.25) is 5.02 Å². The van der Waals surface area contributed by atoms with E-state index in [1.807, 2.05) is 0 Å². The summed E-state index contributed by atoms with van der Waals surface area (Å²) >= 11 is 11.8. The van der Waals surface area contributed by atoms with Crippen molar-refractivity contribution in [3.05, 3.63) is 107 Å². The number of anilines is 1. The Hall–Kier alpha value is -6.39. The number of hydrogen-bond donors (Lipinski definition) is 4. The molecule has 4 aromatic rings. The van der Waals surface area contributed by atoms with Gasteiger partial charge in [0, 0.05) is 41.2 Å². The van der Waals surface area contributed by atoms with Crippen LogP contribution in [0.1, 0.15) is 57.6 Å². The van der Waals surface area contributed by atoms with Crippen LogP contribution in [-0.2, 0) is 35.3 Å². The highest BCUT2D eigenvalue weighted by Crippen LogP contribution is 2.21. The van der Waals surface area contributed by atoms with Gasteiger partial charge in [-0.15, -0.1) is 0 Å². The van der Waals surface area contributed by atoms with Gasteiger partial charge >= 0.3 is 6.09 Å². The number of imide groups is 1. The fourth-order valence-electron chi connectivity index (χ4n) is 5.93. The van der Waals surface area contributed by atoms with Crippen LogP contribution in [0.4, 0.5) is 16.2 Å². The predicted octanol–water partition coefficient (Wildman–Crippen LogP) is 6.00. The number of unbranched alkanes of at least 4 members (excludes halogenated alkanes) is 2. The number of alkyl carbamates (subject to hydrolysis) is 1. The lowest BCUT2D eigenvalue weighted by Crippen LogP contribution is -2.53. The maximum absolute atomic E-state index is 13.1. The molecule has 3 aromatic carbocycles. The van der Waals surface area contributed by atoms with Crippen molar-refractivity contribution in [1.82, 2.24) is 20.9 Å². The van der Waals surface area contributed by atoms with Crippen molar-refractivity contribution >= 4 is 86.8 Å². The molecule has 6 amide bonds. The van der Waals surface area contributed by atoms with E-state index in [2.05, 4.69) is 26.3 Å². The summed E-state index contributed by atoms with van der Waals surface area (Å²) in [5.41, 5.74) is 2.61. The smallest absolute Gasteiger partial charge is 0.412 e. The second kappa shape index (κ2) is 21.0. The minimum atomic E-state index is -0.936. The van der Waals surface area contributed by atoms with Gasteiger partial charge in [-0.25, -0.2) is 9.79 Å². The number of nitrogens with zero attached hydrogens (tertiary/aromatic N) is 2.